The summed E-state index contributed by atoms with van der Waals surface area (Å²) >= 11 is 8.83. The van der Waals surface area contributed by atoms with Crippen molar-refractivity contribution in [3.8, 4) is 0 Å². The SMILES string of the molecule is O=C1NC(=O)C(c2cc(C(F)(F)F)ccc2Br)C1Cl. The smallest absolute Gasteiger partial charge is 0.295 e. The number of imide groups is 1. The van der Waals surface area contributed by atoms with E-state index in [9.17, 15) is 22.8 Å². The van der Waals surface area contributed by atoms with E-state index in [0.717, 1.165) is 12.1 Å². The summed E-state index contributed by atoms with van der Waals surface area (Å²) < 4.78 is 38.2. The molecule has 1 aliphatic heterocycles. The Bertz CT molecular complexity index is 561. The highest BCUT2D eigenvalue weighted by Crippen LogP contribution is 2.38. The first-order valence-corrected chi connectivity index (χ1v) is 6.30. The third-order valence-corrected chi connectivity index (χ3v) is 3.90. The average molecular weight is 357 g/mol. The van der Waals surface area contributed by atoms with E-state index in [2.05, 4.69) is 15.9 Å². The van der Waals surface area contributed by atoms with Gasteiger partial charge in [-0.1, -0.05) is 15.9 Å². The van der Waals surface area contributed by atoms with E-state index >= 15 is 0 Å². The Morgan fingerprint density at radius 3 is 2.32 bits per heavy atom. The van der Waals surface area contributed by atoms with Gasteiger partial charge in [-0.15, -0.1) is 11.6 Å². The van der Waals surface area contributed by atoms with Crippen molar-refractivity contribution >= 4 is 39.3 Å². The molecular formula is C11H6BrClF3NO2. The van der Waals surface area contributed by atoms with Crippen LogP contribution in [0.15, 0.2) is 22.7 Å². The van der Waals surface area contributed by atoms with Gasteiger partial charge in [0.1, 0.15) is 5.38 Å². The van der Waals surface area contributed by atoms with Crippen LogP contribution in [0.2, 0.25) is 0 Å². The molecule has 0 saturated carbocycles. The molecule has 8 heteroatoms. The molecule has 1 saturated heterocycles. The van der Waals surface area contributed by atoms with E-state index in [1.165, 1.54) is 6.07 Å². The van der Waals surface area contributed by atoms with Crippen molar-refractivity contribution in [3.63, 3.8) is 0 Å². The zero-order chi connectivity index (χ0) is 14.4. The molecule has 0 bridgehead atoms. The van der Waals surface area contributed by atoms with Gasteiger partial charge in [0.25, 0.3) is 0 Å². The summed E-state index contributed by atoms with van der Waals surface area (Å²) in [4.78, 5) is 22.9. The molecule has 1 fully saturated rings. The predicted octanol–water partition coefficient (Wildman–Crippen LogP) is 2.82. The number of hydrogen-bond acceptors (Lipinski definition) is 2. The van der Waals surface area contributed by atoms with E-state index < -0.39 is 34.8 Å². The Kier molecular flexibility index (Phi) is 3.61. The summed E-state index contributed by atoms with van der Waals surface area (Å²) in [6.07, 6.45) is -4.53. The van der Waals surface area contributed by atoms with Gasteiger partial charge >= 0.3 is 6.18 Å². The van der Waals surface area contributed by atoms with Crippen LogP contribution < -0.4 is 5.32 Å². The number of carbonyl (C=O) groups excluding carboxylic acids is 2. The molecule has 2 rings (SSSR count). The molecule has 1 heterocycles. The zero-order valence-electron chi connectivity index (χ0n) is 9.09. The Morgan fingerprint density at radius 2 is 1.84 bits per heavy atom. The van der Waals surface area contributed by atoms with Gasteiger partial charge in [0.2, 0.25) is 11.8 Å². The average Bonchev–Trinajstić information content (AvgIpc) is 2.53. The maximum absolute atomic E-state index is 12.6. The Morgan fingerprint density at radius 1 is 1.21 bits per heavy atom. The lowest BCUT2D eigenvalue weighted by Crippen LogP contribution is -2.22. The molecule has 19 heavy (non-hydrogen) atoms. The van der Waals surface area contributed by atoms with Crippen LogP contribution in [-0.4, -0.2) is 17.2 Å². The molecule has 0 aromatic heterocycles. The number of benzene rings is 1. The number of hydrogen-bond donors (Lipinski definition) is 1. The lowest BCUT2D eigenvalue weighted by Gasteiger charge is -2.15. The number of nitrogens with one attached hydrogen (secondary N) is 1. The van der Waals surface area contributed by atoms with Gasteiger partial charge in [0.15, 0.2) is 0 Å². The maximum atomic E-state index is 12.6. The third-order valence-electron chi connectivity index (χ3n) is 2.73. The normalized spacial score (nSPS) is 23.6. The first kappa shape index (κ1) is 14.3. The van der Waals surface area contributed by atoms with E-state index in [1.54, 1.807) is 0 Å². The fourth-order valence-electron chi connectivity index (χ4n) is 1.81. The van der Waals surface area contributed by atoms with Crippen LogP contribution >= 0.6 is 27.5 Å². The lowest BCUT2D eigenvalue weighted by atomic mass is 9.95. The highest BCUT2D eigenvalue weighted by Gasteiger charge is 2.43. The predicted molar refractivity (Wildman–Crippen MR) is 64.7 cm³/mol. The number of alkyl halides is 4. The van der Waals surface area contributed by atoms with Crippen molar-refractivity contribution in [3.05, 3.63) is 33.8 Å². The second kappa shape index (κ2) is 4.79. The quantitative estimate of drug-likeness (QED) is 0.621. The van der Waals surface area contributed by atoms with Crippen molar-refractivity contribution in [1.29, 1.82) is 0 Å². The summed E-state index contributed by atoms with van der Waals surface area (Å²) in [5.41, 5.74) is -0.861. The molecular weight excluding hydrogens is 350 g/mol. The van der Waals surface area contributed by atoms with Crippen LogP contribution in [0.25, 0.3) is 0 Å². The Labute approximate surface area is 119 Å². The molecule has 1 aliphatic rings. The van der Waals surface area contributed by atoms with Crippen molar-refractivity contribution in [1.82, 2.24) is 5.32 Å². The number of amides is 2. The topological polar surface area (TPSA) is 46.2 Å². The number of halogens is 5. The van der Waals surface area contributed by atoms with Crippen LogP contribution in [0.5, 0.6) is 0 Å². The van der Waals surface area contributed by atoms with Gasteiger partial charge in [-0.25, -0.2) is 0 Å². The molecule has 1 aromatic rings. The summed E-state index contributed by atoms with van der Waals surface area (Å²) in [7, 11) is 0. The van der Waals surface area contributed by atoms with Gasteiger partial charge < -0.3 is 0 Å². The van der Waals surface area contributed by atoms with E-state index in [1.807, 2.05) is 5.32 Å². The standard InChI is InChI=1S/C11H6BrClF3NO2/c12-6-2-1-4(11(14,15)16)3-5(6)7-8(13)10(19)17-9(7)18/h1-3,7-8H,(H,17,18,19). The van der Waals surface area contributed by atoms with Crippen molar-refractivity contribution in [2.24, 2.45) is 0 Å². The molecule has 3 nitrogen and oxygen atoms in total. The highest BCUT2D eigenvalue weighted by atomic mass is 79.9. The zero-order valence-corrected chi connectivity index (χ0v) is 11.4. The fraction of sp³-hybridized carbons (Fsp3) is 0.273. The van der Waals surface area contributed by atoms with Gasteiger partial charge in [-0.05, 0) is 23.8 Å². The third kappa shape index (κ3) is 2.62. The molecule has 0 aliphatic carbocycles. The molecule has 0 radical (unpaired) electrons. The minimum absolute atomic E-state index is 0.0400. The minimum atomic E-state index is -4.53. The van der Waals surface area contributed by atoms with Crippen molar-refractivity contribution < 1.29 is 22.8 Å². The van der Waals surface area contributed by atoms with Gasteiger partial charge in [0.05, 0.1) is 11.5 Å². The van der Waals surface area contributed by atoms with Crippen LogP contribution in [0.3, 0.4) is 0 Å². The summed E-state index contributed by atoms with van der Waals surface area (Å²) in [6, 6.07) is 2.88. The maximum Gasteiger partial charge on any atom is 0.416 e. The van der Waals surface area contributed by atoms with E-state index in [4.69, 9.17) is 11.6 Å². The van der Waals surface area contributed by atoms with E-state index in [-0.39, 0.29) is 5.56 Å². The van der Waals surface area contributed by atoms with Gasteiger partial charge in [0, 0.05) is 4.47 Å². The first-order chi connectivity index (χ1) is 8.71. The summed E-state index contributed by atoms with van der Waals surface area (Å²) in [5, 5.41) is 0.773. The monoisotopic (exact) mass is 355 g/mol. The van der Waals surface area contributed by atoms with E-state index in [0.29, 0.717) is 4.47 Å². The largest absolute Gasteiger partial charge is 0.416 e. The van der Waals surface area contributed by atoms with Crippen LogP contribution in [0.1, 0.15) is 17.0 Å². The molecule has 1 aromatic carbocycles. The number of rotatable bonds is 1. The summed E-state index contributed by atoms with van der Waals surface area (Å²) in [5.74, 6) is -2.54. The first-order valence-electron chi connectivity index (χ1n) is 5.07. The molecule has 102 valence electrons. The Balaban J connectivity index is 2.50. The Hall–Kier alpha value is -1.08. The molecule has 2 atom stereocenters. The van der Waals surface area contributed by atoms with Crippen LogP contribution in [0.4, 0.5) is 13.2 Å². The second-order valence-electron chi connectivity index (χ2n) is 3.97. The van der Waals surface area contributed by atoms with Crippen molar-refractivity contribution in [2.45, 2.75) is 17.5 Å². The van der Waals surface area contributed by atoms with Crippen molar-refractivity contribution in [2.75, 3.05) is 0 Å². The van der Waals surface area contributed by atoms with Gasteiger partial charge in [-0.3, -0.25) is 14.9 Å². The molecule has 1 N–H and O–H groups in total. The fourth-order valence-corrected chi connectivity index (χ4v) is 2.61. The lowest BCUT2D eigenvalue weighted by molar-refractivity contribution is -0.137. The van der Waals surface area contributed by atoms with Crippen LogP contribution in [-0.2, 0) is 15.8 Å². The summed E-state index contributed by atoms with van der Waals surface area (Å²) in [6.45, 7) is 0. The molecule has 2 amide bonds. The molecule has 0 spiro atoms. The molecule has 2 unspecified atom stereocenters. The number of carbonyl (C=O) groups is 2. The highest BCUT2D eigenvalue weighted by molar-refractivity contribution is 9.10. The van der Waals surface area contributed by atoms with Gasteiger partial charge in [-0.2, -0.15) is 13.2 Å². The van der Waals surface area contributed by atoms with Crippen LogP contribution in [0, 0.1) is 0 Å². The second-order valence-corrected chi connectivity index (χ2v) is 5.29. The minimum Gasteiger partial charge on any atom is -0.295 e.